The second kappa shape index (κ2) is 12.3. The Bertz CT molecular complexity index is 2290. The van der Waals surface area contributed by atoms with Crippen molar-refractivity contribution in [3.63, 3.8) is 0 Å². The van der Waals surface area contributed by atoms with Gasteiger partial charge in [-0.1, -0.05) is 0 Å². The fraction of sp³-hybridized carbons (Fsp3) is 0.353. The van der Waals surface area contributed by atoms with Crippen molar-refractivity contribution in [3.8, 4) is 34.5 Å². The maximum Gasteiger partial charge on any atom is 0.339 e. The van der Waals surface area contributed by atoms with Crippen molar-refractivity contribution >= 4 is 35.4 Å². The van der Waals surface area contributed by atoms with Gasteiger partial charge in [-0.15, -0.1) is 0 Å². The summed E-state index contributed by atoms with van der Waals surface area (Å²) < 4.78 is 37.3. The molecule has 2 aromatic rings. The van der Waals surface area contributed by atoms with E-state index in [1.54, 1.807) is 0 Å². The third-order valence-electron chi connectivity index (χ3n) is 10.5. The van der Waals surface area contributed by atoms with Crippen molar-refractivity contribution in [3.05, 3.63) is 58.7 Å². The number of esters is 4. The molecule has 0 radical (unpaired) electrons. The van der Waals surface area contributed by atoms with Gasteiger partial charge in [-0.25, -0.2) is 19.2 Å². The Morgan fingerprint density at radius 2 is 1.07 bits per heavy atom. The van der Waals surface area contributed by atoms with Crippen LogP contribution in [-0.4, -0.2) is 152 Å². The number of hydrogen-bond acceptors (Lipinski definition) is 24. The molecule has 4 aliphatic heterocycles. The van der Waals surface area contributed by atoms with Gasteiger partial charge in [-0.2, -0.15) is 0 Å². The second-order valence-corrected chi connectivity index (χ2v) is 13.8. The lowest BCUT2D eigenvalue weighted by Crippen LogP contribution is -2.78. The van der Waals surface area contributed by atoms with Gasteiger partial charge in [-0.05, 0) is 36.4 Å². The highest BCUT2D eigenvalue weighted by atomic mass is 16.9. The first-order valence-electron chi connectivity index (χ1n) is 16.5. The molecule has 4 fully saturated rings. The fourth-order valence-electron chi connectivity index (χ4n) is 7.69. The van der Waals surface area contributed by atoms with Crippen LogP contribution < -0.4 is 0 Å². The van der Waals surface area contributed by atoms with Crippen molar-refractivity contribution < 1.29 is 118 Å². The molecule has 0 spiro atoms. The van der Waals surface area contributed by atoms with Crippen LogP contribution in [0.15, 0.2) is 47.6 Å². The summed E-state index contributed by atoms with van der Waals surface area (Å²) in [6.07, 6.45) is -10.8. The topological polar surface area (TPSA) is 390 Å². The summed E-state index contributed by atoms with van der Waals surface area (Å²) in [5.41, 5.74) is -3.42. The molecule has 0 aromatic heterocycles. The molecule has 306 valence electrons. The number of phenols is 6. The molecular weight excluding hydrogens is 792 g/mol. The quantitative estimate of drug-likeness (QED) is 0.0794. The number of ether oxygens (including phenoxy) is 7. The van der Waals surface area contributed by atoms with E-state index in [2.05, 4.69) is 0 Å². The van der Waals surface area contributed by atoms with Crippen LogP contribution in [-0.2, 0) is 52.3 Å². The Hall–Kier alpha value is -6.38. The van der Waals surface area contributed by atoms with E-state index >= 15 is 0 Å². The molecular formula is C34H26O24. The number of aromatic hydroxyl groups is 6. The molecule has 11 N–H and O–H groups in total. The lowest BCUT2D eigenvalue weighted by Gasteiger charge is -2.52. The molecule has 8 rings (SSSR count). The zero-order valence-corrected chi connectivity index (χ0v) is 28.4. The van der Waals surface area contributed by atoms with Crippen LogP contribution in [0.4, 0.5) is 0 Å². The average molecular weight is 819 g/mol. The van der Waals surface area contributed by atoms with Crippen LogP contribution >= 0.6 is 0 Å². The standard InChI is InChI=1S/C34H26O24/c35-12-1-8(2-13(36)21(12)41)26(43)55-24-23-16(53-30(47)25(24)56-27(44)9-3-14(37)22(42)15(38)4-9)7-52-28(45)10-5-17(39)31(48)33(50)19(10)20-11(29(46)54-23)6-18(40)32(49,57-31)34(20,51)58-33/h1-6,16,19-20,23-25,30,35-38,41-42,47-51H,7H2/t16-,19-,20-,23-,24+,25-,30-,31-,32+,33+,34-/m1/s1. The summed E-state index contributed by atoms with van der Waals surface area (Å²) in [6.45, 7) is -1.14. The molecule has 2 aromatic carbocycles. The maximum absolute atomic E-state index is 14.3. The smallest absolute Gasteiger partial charge is 0.339 e. The Morgan fingerprint density at radius 3 is 1.53 bits per heavy atom. The van der Waals surface area contributed by atoms with Gasteiger partial charge in [0.15, 0.2) is 59.1 Å². The predicted molar refractivity (Wildman–Crippen MR) is 168 cm³/mol. The van der Waals surface area contributed by atoms with Gasteiger partial charge in [0.2, 0.25) is 23.1 Å². The minimum absolute atomic E-state index is 0.295. The van der Waals surface area contributed by atoms with E-state index in [9.17, 15) is 84.9 Å². The molecule has 4 heterocycles. The van der Waals surface area contributed by atoms with E-state index in [0.717, 1.165) is 0 Å². The molecule has 24 heteroatoms. The van der Waals surface area contributed by atoms with E-state index in [4.69, 9.17) is 33.2 Å². The molecule has 0 saturated carbocycles. The predicted octanol–water partition coefficient (Wildman–Crippen LogP) is -4.08. The van der Waals surface area contributed by atoms with Gasteiger partial charge in [0, 0.05) is 0 Å². The molecule has 0 amide bonds. The van der Waals surface area contributed by atoms with Crippen molar-refractivity contribution in [2.24, 2.45) is 11.8 Å². The minimum Gasteiger partial charge on any atom is -0.504 e. The number of phenolic OH excluding ortho intramolecular Hbond substituents is 6. The summed E-state index contributed by atoms with van der Waals surface area (Å²) >= 11 is 0. The fourth-order valence-corrected chi connectivity index (χ4v) is 7.69. The van der Waals surface area contributed by atoms with Crippen molar-refractivity contribution in [1.82, 2.24) is 0 Å². The Labute approximate surface area is 319 Å². The SMILES string of the molecule is O=C1OC[C@H]2O[C@@H](O)[C@H](OC(=O)c3cc(O)c(O)c(O)c3)[C@@H](OC(=O)c3cc(O)c(O)c(O)c3)[C@@H]2OC(=O)C2=CC(=O)[C@]3(O)O[C@]4(O)C(=O)C=C1[C@@H]1[C@@H]2[C@@]3(O)O[C@@]14O. The number of carbonyl (C=O) groups is 6. The number of fused-ring (bicyclic) bond motifs is 1. The third kappa shape index (κ3) is 5.04. The molecule has 58 heavy (non-hydrogen) atoms. The number of hydrogen-bond donors (Lipinski definition) is 11. The molecule has 11 atom stereocenters. The Morgan fingerprint density at radius 1 is 0.638 bits per heavy atom. The number of benzene rings is 2. The molecule has 0 unspecified atom stereocenters. The second-order valence-electron chi connectivity index (χ2n) is 13.8. The number of carbonyl (C=O) groups excluding carboxylic acids is 6. The summed E-state index contributed by atoms with van der Waals surface area (Å²) in [7, 11) is 0. The first-order chi connectivity index (χ1) is 27.1. The van der Waals surface area contributed by atoms with Crippen LogP contribution in [0.1, 0.15) is 20.7 Å². The van der Waals surface area contributed by atoms with E-state index < -0.39 is 165 Å². The zero-order chi connectivity index (χ0) is 42.2. The van der Waals surface area contributed by atoms with Crippen LogP contribution in [0.25, 0.3) is 0 Å². The van der Waals surface area contributed by atoms with E-state index in [-0.39, 0.29) is 0 Å². The first kappa shape index (κ1) is 38.5. The number of aliphatic hydroxyl groups is 5. The average Bonchev–Trinajstić information content (AvgIpc) is 3.40. The van der Waals surface area contributed by atoms with E-state index in [1.807, 2.05) is 0 Å². The monoisotopic (exact) mass is 818 g/mol. The Balaban J connectivity index is 1.25. The summed E-state index contributed by atoms with van der Waals surface area (Å²) in [5, 5.41) is 117. The Kier molecular flexibility index (Phi) is 8.17. The maximum atomic E-state index is 14.3. The van der Waals surface area contributed by atoms with Gasteiger partial charge in [0.1, 0.15) is 12.7 Å². The van der Waals surface area contributed by atoms with Crippen LogP contribution in [0, 0.1) is 11.8 Å². The highest BCUT2D eigenvalue weighted by Crippen LogP contribution is 2.66. The van der Waals surface area contributed by atoms with Crippen molar-refractivity contribution in [1.29, 1.82) is 0 Å². The molecule has 6 aliphatic rings. The van der Waals surface area contributed by atoms with Gasteiger partial charge >= 0.3 is 23.9 Å². The van der Waals surface area contributed by atoms with Gasteiger partial charge in [0.25, 0.3) is 11.6 Å². The van der Waals surface area contributed by atoms with Crippen molar-refractivity contribution in [2.75, 3.05) is 6.61 Å². The summed E-state index contributed by atoms with van der Waals surface area (Å²) in [6, 6.07) is 2.37. The summed E-state index contributed by atoms with van der Waals surface area (Å²) in [4.78, 5) is 81.5. The van der Waals surface area contributed by atoms with Crippen molar-refractivity contribution in [2.45, 2.75) is 53.9 Å². The summed E-state index contributed by atoms with van der Waals surface area (Å²) in [5.74, 6) is -35.3. The van der Waals surface area contributed by atoms with Crippen LogP contribution in [0.5, 0.6) is 34.5 Å². The van der Waals surface area contributed by atoms with E-state index in [1.165, 1.54) is 0 Å². The van der Waals surface area contributed by atoms with Gasteiger partial charge in [-0.3, -0.25) is 14.3 Å². The highest BCUT2D eigenvalue weighted by molar-refractivity contribution is 6.10. The zero-order valence-electron chi connectivity index (χ0n) is 28.4. The lowest BCUT2D eigenvalue weighted by atomic mass is 9.67. The van der Waals surface area contributed by atoms with Crippen LogP contribution in [0.2, 0.25) is 0 Å². The van der Waals surface area contributed by atoms with Crippen LogP contribution in [0.3, 0.4) is 0 Å². The first-order valence-corrected chi connectivity index (χ1v) is 16.5. The largest absolute Gasteiger partial charge is 0.504 e. The lowest BCUT2D eigenvalue weighted by molar-refractivity contribution is -0.516. The van der Waals surface area contributed by atoms with Gasteiger partial charge < -0.3 is 84.6 Å². The van der Waals surface area contributed by atoms with E-state index in [0.29, 0.717) is 36.4 Å². The molecule has 2 aliphatic carbocycles. The minimum atomic E-state index is -3.74. The third-order valence-corrected chi connectivity index (χ3v) is 10.5. The van der Waals surface area contributed by atoms with Gasteiger partial charge in [0.05, 0.1) is 34.1 Å². The highest BCUT2D eigenvalue weighted by Gasteiger charge is 2.88. The molecule has 24 nitrogen and oxygen atoms in total. The number of ketones is 2. The molecule has 2 bridgehead atoms. The normalized spacial score (nSPS) is 37.4. The molecule has 4 saturated heterocycles. The number of aliphatic hydroxyl groups excluding tert-OH is 1. The number of rotatable bonds is 4. The number of cyclic esters (lactones) is 1.